The van der Waals surface area contributed by atoms with Crippen LogP contribution < -0.4 is 5.73 Å². The van der Waals surface area contributed by atoms with Gasteiger partial charge in [-0.05, 0) is 37.5 Å². The second kappa shape index (κ2) is 9.67. The molecule has 3 N–H and O–H groups in total. The molecule has 2 saturated heterocycles. The number of carbonyl (C=O) groups excluding carboxylic acids is 1. The number of nitrogens with zero attached hydrogens (tertiary/aromatic N) is 3. The summed E-state index contributed by atoms with van der Waals surface area (Å²) in [5, 5.41) is 10.4. The fraction of sp³-hybridized carbons (Fsp3) is 0.500. The van der Waals surface area contributed by atoms with Crippen molar-refractivity contribution in [2.24, 2.45) is 0 Å². The monoisotopic (exact) mass is 442 g/mol. The molecule has 0 bridgehead atoms. The van der Waals surface area contributed by atoms with Gasteiger partial charge < -0.3 is 20.6 Å². The van der Waals surface area contributed by atoms with Gasteiger partial charge in [0.1, 0.15) is 6.04 Å². The first-order valence-corrected chi connectivity index (χ1v) is 11.5. The molecular formula is C18H23ClN4O3S2. The van der Waals surface area contributed by atoms with Crippen LogP contribution in [-0.2, 0) is 4.79 Å². The number of fused-ring (bicyclic) bond motifs is 1. The first kappa shape index (κ1) is 21.0. The van der Waals surface area contributed by atoms with E-state index in [2.05, 4.69) is 4.98 Å². The number of carboxylic acids is 1. The summed E-state index contributed by atoms with van der Waals surface area (Å²) in [4.78, 5) is 30.8. The molecule has 152 valence electrons. The topological polar surface area (TPSA) is 99.8 Å². The molecule has 2 aliphatic heterocycles. The summed E-state index contributed by atoms with van der Waals surface area (Å²) < 4.78 is 1.08. The Morgan fingerprint density at radius 2 is 1.96 bits per heavy atom. The van der Waals surface area contributed by atoms with E-state index >= 15 is 0 Å². The lowest BCUT2D eigenvalue weighted by molar-refractivity contribution is -0.143. The van der Waals surface area contributed by atoms with Crippen molar-refractivity contribution in [3.05, 3.63) is 23.2 Å². The molecule has 28 heavy (non-hydrogen) atoms. The SMILES string of the molecule is Nc1nc2cc(Cl)ccc2s1.O=C(O)[C@@H]1CCCCN1C(=O)N1CCSCC1. The molecule has 0 radical (unpaired) electrons. The maximum atomic E-state index is 12.2. The third-order valence-electron chi connectivity index (χ3n) is 4.68. The van der Waals surface area contributed by atoms with E-state index in [9.17, 15) is 9.59 Å². The van der Waals surface area contributed by atoms with Crippen LogP contribution in [0.5, 0.6) is 0 Å². The molecule has 1 aromatic heterocycles. The molecule has 2 aromatic rings. The summed E-state index contributed by atoms with van der Waals surface area (Å²) >= 11 is 9.06. The number of rotatable bonds is 1. The molecule has 0 unspecified atom stereocenters. The maximum Gasteiger partial charge on any atom is 0.326 e. The number of thioether (sulfide) groups is 1. The molecule has 10 heteroatoms. The highest BCUT2D eigenvalue weighted by molar-refractivity contribution is 7.99. The van der Waals surface area contributed by atoms with Crippen LogP contribution in [0.15, 0.2) is 18.2 Å². The highest BCUT2D eigenvalue weighted by Crippen LogP contribution is 2.25. The van der Waals surface area contributed by atoms with Crippen molar-refractivity contribution in [3.8, 4) is 0 Å². The summed E-state index contributed by atoms with van der Waals surface area (Å²) in [6, 6.07) is 4.86. The molecule has 0 saturated carbocycles. The van der Waals surface area contributed by atoms with Gasteiger partial charge in [0.05, 0.1) is 10.2 Å². The van der Waals surface area contributed by atoms with Gasteiger partial charge in [-0.25, -0.2) is 14.6 Å². The molecule has 0 aliphatic carbocycles. The fourth-order valence-electron chi connectivity index (χ4n) is 3.27. The highest BCUT2D eigenvalue weighted by atomic mass is 35.5. The van der Waals surface area contributed by atoms with Crippen LogP contribution in [0.3, 0.4) is 0 Å². The molecule has 7 nitrogen and oxygen atoms in total. The zero-order valence-corrected chi connectivity index (χ0v) is 17.7. The van der Waals surface area contributed by atoms with Crippen molar-refractivity contribution >= 4 is 62.0 Å². The normalized spacial score (nSPS) is 19.8. The predicted molar refractivity (Wildman–Crippen MR) is 115 cm³/mol. The van der Waals surface area contributed by atoms with Gasteiger partial charge in [0, 0.05) is 36.2 Å². The molecule has 4 rings (SSSR count). The van der Waals surface area contributed by atoms with Gasteiger partial charge in [-0.3, -0.25) is 0 Å². The van der Waals surface area contributed by atoms with Gasteiger partial charge in [-0.1, -0.05) is 22.9 Å². The van der Waals surface area contributed by atoms with E-state index in [1.165, 1.54) is 11.3 Å². The van der Waals surface area contributed by atoms with Crippen LogP contribution in [0.1, 0.15) is 19.3 Å². The number of nitrogens with two attached hydrogens (primary N) is 1. The van der Waals surface area contributed by atoms with Gasteiger partial charge in [-0.15, -0.1) is 0 Å². The summed E-state index contributed by atoms with van der Waals surface area (Å²) in [7, 11) is 0. The van der Waals surface area contributed by atoms with Crippen LogP contribution >= 0.6 is 34.7 Å². The Balaban J connectivity index is 0.000000176. The number of halogens is 1. The Hall–Kier alpha value is -1.71. The number of urea groups is 1. The summed E-state index contributed by atoms with van der Waals surface area (Å²) in [6.07, 6.45) is 2.40. The van der Waals surface area contributed by atoms with Crippen LogP contribution in [0.2, 0.25) is 5.02 Å². The number of hydrogen-bond donors (Lipinski definition) is 2. The number of anilines is 1. The van der Waals surface area contributed by atoms with E-state index in [0.717, 1.165) is 47.7 Å². The standard InChI is InChI=1S/C11H18N2O3S.C7H5ClN2S/c14-10(15)9-3-1-2-4-13(9)11(16)12-5-7-17-8-6-12;8-4-1-2-6-5(3-4)10-7(9)11-6/h9H,1-8H2,(H,14,15);1-3H,(H2,9,10)/t9-;/m0./s1. The average Bonchev–Trinajstić information content (AvgIpc) is 3.07. The van der Waals surface area contributed by atoms with Crippen LogP contribution in [0, 0.1) is 0 Å². The van der Waals surface area contributed by atoms with E-state index in [4.69, 9.17) is 22.4 Å². The van der Waals surface area contributed by atoms with Crippen molar-refractivity contribution in [3.63, 3.8) is 0 Å². The number of carbonyl (C=O) groups is 2. The van der Waals surface area contributed by atoms with Crippen LogP contribution in [0.4, 0.5) is 9.93 Å². The first-order chi connectivity index (χ1) is 13.5. The molecular weight excluding hydrogens is 420 g/mol. The zero-order chi connectivity index (χ0) is 20.1. The number of aromatic nitrogens is 1. The lowest BCUT2D eigenvalue weighted by Gasteiger charge is -2.38. The third-order valence-corrected chi connectivity index (χ3v) is 6.72. The second-order valence-corrected chi connectivity index (χ2v) is 9.31. The van der Waals surface area contributed by atoms with Gasteiger partial charge in [-0.2, -0.15) is 11.8 Å². The number of likely N-dealkylation sites (tertiary alicyclic amines) is 1. The Morgan fingerprint density at radius 1 is 1.21 bits per heavy atom. The third kappa shape index (κ3) is 5.21. The highest BCUT2D eigenvalue weighted by Gasteiger charge is 2.34. The quantitative estimate of drug-likeness (QED) is 0.699. The molecule has 2 aliphatic rings. The molecule has 2 fully saturated rings. The van der Waals surface area contributed by atoms with Gasteiger partial charge >= 0.3 is 12.0 Å². The molecule has 3 heterocycles. The van der Waals surface area contributed by atoms with Gasteiger partial charge in [0.25, 0.3) is 0 Å². The zero-order valence-electron chi connectivity index (χ0n) is 15.3. The average molecular weight is 443 g/mol. The maximum absolute atomic E-state index is 12.2. The number of thiazole rings is 1. The minimum Gasteiger partial charge on any atom is -0.480 e. The smallest absolute Gasteiger partial charge is 0.326 e. The van der Waals surface area contributed by atoms with E-state index in [-0.39, 0.29) is 6.03 Å². The minimum atomic E-state index is -0.871. The van der Waals surface area contributed by atoms with Crippen LogP contribution in [0.25, 0.3) is 10.2 Å². The first-order valence-electron chi connectivity index (χ1n) is 9.13. The van der Waals surface area contributed by atoms with Gasteiger partial charge in [0.15, 0.2) is 5.13 Å². The van der Waals surface area contributed by atoms with Crippen molar-refractivity contribution in [2.75, 3.05) is 36.9 Å². The lowest BCUT2D eigenvalue weighted by Crippen LogP contribution is -2.54. The summed E-state index contributed by atoms with van der Waals surface area (Å²) in [5.74, 6) is 1.04. The van der Waals surface area contributed by atoms with Gasteiger partial charge in [0.2, 0.25) is 0 Å². The van der Waals surface area contributed by atoms with E-state index in [0.29, 0.717) is 23.1 Å². The molecule has 0 spiro atoms. The number of nitrogen functional groups attached to an aromatic ring is 1. The van der Waals surface area contributed by atoms with E-state index in [1.54, 1.807) is 9.80 Å². The minimum absolute atomic E-state index is 0.0857. The Bertz CT molecular complexity index is 841. The number of piperidine rings is 1. The summed E-state index contributed by atoms with van der Waals surface area (Å²) in [5.41, 5.74) is 6.38. The Kier molecular flexibility index (Phi) is 7.25. The molecule has 1 atom stereocenters. The second-order valence-electron chi connectivity index (χ2n) is 6.59. The number of benzene rings is 1. The fourth-order valence-corrected chi connectivity index (χ4v) is 5.06. The lowest BCUT2D eigenvalue weighted by atomic mass is 10.0. The van der Waals surface area contributed by atoms with E-state index < -0.39 is 12.0 Å². The van der Waals surface area contributed by atoms with Crippen molar-refractivity contribution in [1.29, 1.82) is 0 Å². The van der Waals surface area contributed by atoms with E-state index in [1.807, 2.05) is 30.0 Å². The summed E-state index contributed by atoms with van der Waals surface area (Å²) in [6.45, 7) is 2.07. The largest absolute Gasteiger partial charge is 0.480 e. The number of carboxylic acid groups (broad SMARTS) is 1. The van der Waals surface area contributed by atoms with Crippen molar-refractivity contribution in [2.45, 2.75) is 25.3 Å². The Morgan fingerprint density at radius 3 is 2.68 bits per heavy atom. The molecule has 2 amide bonds. The molecule has 1 aromatic carbocycles. The predicted octanol–water partition coefficient (Wildman–Crippen LogP) is 3.63. The Labute approximate surface area is 176 Å². The van der Waals surface area contributed by atoms with Crippen LogP contribution in [-0.4, -0.2) is 69.1 Å². The number of aliphatic carboxylic acids is 1. The number of hydrogen-bond acceptors (Lipinski definition) is 6. The van der Waals surface area contributed by atoms with Crippen molar-refractivity contribution < 1.29 is 14.7 Å². The van der Waals surface area contributed by atoms with Crippen molar-refractivity contribution in [1.82, 2.24) is 14.8 Å². The number of amides is 2.